The van der Waals surface area contributed by atoms with Gasteiger partial charge in [0, 0.05) is 10.1 Å². The maximum Gasteiger partial charge on any atom is 0.150 e. The van der Waals surface area contributed by atoms with Crippen LogP contribution in [0.5, 0.6) is 0 Å². The molecule has 0 spiro atoms. The third kappa shape index (κ3) is 3.78. The predicted octanol–water partition coefficient (Wildman–Crippen LogP) is 4.55. The molecule has 4 nitrogen and oxygen atoms in total. The third-order valence-electron chi connectivity index (χ3n) is 2.52. The van der Waals surface area contributed by atoms with E-state index in [-0.39, 0.29) is 5.82 Å². The minimum absolute atomic E-state index is 0.257. The van der Waals surface area contributed by atoms with E-state index < -0.39 is 0 Å². The smallest absolute Gasteiger partial charge is 0.150 e. The van der Waals surface area contributed by atoms with E-state index in [0.717, 1.165) is 32.5 Å². The molecule has 0 aliphatic heterocycles. The Hall–Kier alpha value is -0.960. The number of benzene rings is 1. The van der Waals surface area contributed by atoms with Crippen LogP contribution in [0.15, 0.2) is 29.0 Å². The normalized spacial score (nSPS) is 10.4. The number of nitrogens with one attached hydrogen (secondary N) is 2. The van der Waals surface area contributed by atoms with Crippen LogP contribution in [0.2, 0.25) is 0 Å². The topological polar surface area (TPSA) is 49.8 Å². The Morgan fingerprint density at radius 2 is 2.05 bits per heavy atom. The summed E-state index contributed by atoms with van der Waals surface area (Å²) < 4.78 is 14.6. The second-order valence-corrected chi connectivity index (χ2v) is 6.02. The monoisotopic (exact) mass is 450 g/mol. The Balaban J connectivity index is 2.24. The average molecular weight is 451 g/mol. The Kier molecular flexibility index (Phi) is 5.53. The van der Waals surface area contributed by atoms with Crippen molar-refractivity contribution >= 4 is 55.8 Å². The van der Waals surface area contributed by atoms with Gasteiger partial charge in [-0.15, -0.1) is 0 Å². The van der Waals surface area contributed by atoms with Gasteiger partial charge in [0.25, 0.3) is 0 Å². The number of hydrogen-bond acceptors (Lipinski definition) is 4. The molecule has 2 N–H and O–H groups in total. The van der Waals surface area contributed by atoms with Gasteiger partial charge in [-0.25, -0.2) is 14.4 Å². The van der Waals surface area contributed by atoms with Crippen molar-refractivity contribution in [1.29, 1.82) is 0 Å². The number of rotatable bonds is 5. The van der Waals surface area contributed by atoms with E-state index in [1.807, 2.05) is 0 Å². The van der Waals surface area contributed by atoms with Crippen molar-refractivity contribution in [3.05, 3.63) is 38.4 Å². The quantitative estimate of drug-likeness (QED) is 0.656. The summed E-state index contributed by atoms with van der Waals surface area (Å²) in [7, 11) is 0. The van der Waals surface area contributed by atoms with Crippen molar-refractivity contribution in [2.75, 3.05) is 17.2 Å². The van der Waals surface area contributed by atoms with E-state index in [4.69, 9.17) is 0 Å². The Bertz CT molecular complexity index is 609. The maximum absolute atomic E-state index is 13.1. The summed E-state index contributed by atoms with van der Waals surface area (Å²) in [6.07, 6.45) is 2.50. The van der Waals surface area contributed by atoms with Crippen molar-refractivity contribution in [2.45, 2.75) is 13.3 Å². The fourth-order valence-corrected chi connectivity index (χ4v) is 2.60. The van der Waals surface area contributed by atoms with Crippen LogP contribution in [-0.2, 0) is 0 Å². The van der Waals surface area contributed by atoms with Gasteiger partial charge in [0.1, 0.15) is 28.3 Å². The van der Waals surface area contributed by atoms with Crippen LogP contribution in [-0.4, -0.2) is 16.5 Å². The van der Waals surface area contributed by atoms with Crippen molar-refractivity contribution in [3.63, 3.8) is 0 Å². The number of nitrogens with zero attached hydrogens (tertiary/aromatic N) is 2. The Morgan fingerprint density at radius 1 is 1.30 bits per heavy atom. The first kappa shape index (κ1) is 15.4. The van der Waals surface area contributed by atoms with Gasteiger partial charge < -0.3 is 10.6 Å². The summed E-state index contributed by atoms with van der Waals surface area (Å²) in [4.78, 5) is 8.38. The second-order valence-electron chi connectivity index (χ2n) is 4.06. The van der Waals surface area contributed by atoms with Crippen LogP contribution in [0.1, 0.15) is 13.3 Å². The van der Waals surface area contributed by atoms with Gasteiger partial charge in [0.15, 0.2) is 0 Å². The highest BCUT2D eigenvalue weighted by Gasteiger charge is 2.10. The van der Waals surface area contributed by atoms with E-state index in [2.05, 4.69) is 66.0 Å². The number of hydrogen-bond donors (Lipinski definition) is 2. The summed E-state index contributed by atoms with van der Waals surface area (Å²) in [6, 6.07) is 4.56. The fourth-order valence-electron chi connectivity index (χ4n) is 1.54. The maximum atomic E-state index is 13.1. The molecule has 20 heavy (non-hydrogen) atoms. The molecule has 7 heteroatoms. The largest absolute Gasteiger partial charge is 0.369 e. The van der Waals surface area contributed by atoms with Crippen LogP contribution in [0.25, 0.3) is 0 Å². The van der Waals surface area contributed by atoms with Crippen molar-refractivity contribution in [3.8, 4) is 0 Å². The number of anilines is 3. The molecule has 1 aromatic carbocycles. The predicted molar refractivity (Wildman–Crippen MR) is 90.9 cm³/mol. The Labute approximate surface area is 138 Å². The van der Waals surface area contributed by atoms with Crippen molar-refractivity contribution < 1.29 is 4.39 Å². The third-order valence-corrected chi connectivity index (χ3v) is 4.16. The minimum atomic E-state index is -0.257. The molecule has 0 unspecified atom stereocenters. The molecular weight excluding hydrogens is 438 g/mol. The molecule has 0 atom stereocenters. The molecule has 0 radical (unpaired) electrons. The van der Waals surface area contributed by atoms with E-state index in [1.165, 1.54) is 18.5 Å². The summed E-state index contributed by atoms with van der Waals surface area (Å²) in [5.41, 5.74) is 0.799. The average Bonchev–Trinajstić information content (AvgIpc) is 2.42. The first-order valence-corrected chi connectivity index (χ1v) is 7.95. The second kappa shape index (κ2) is 7.16. The molecule has 0 aliphatic carbocycles. The molecule has 0 bridgehead atoms. The molecule has 1 aromatic heterocycles. The molecule has 0 saturated heterocycles. The summed E-state index contributed by atoms with van der Waals surface area (Å²) >= 11 is 5.56. The number of halogens is 3. The lowest BCUT2D eigenvalue weighted by Crippen LogP contribution is -2.05. The van der Waals surface area contributed by atoms with Gasteiger partial charge in [0.05, 0.1) is 5.69 Å². The van der Waals surface area contributed by atoms with E-state index in [1.54, 1.807) is 6.07 Å². The lowest BCUT2D eigenvalue weighted by atomic mass is 10.3. The van der Waals surface area contributed by atoms with Gasteiger partial charge in [-0.2, -0.15) is 0 Å². The molecule has 2 aromatic rings. The van der Waals surface area contributed by atoms with Crippen LogP contribution in [0.3, 0.4) is 0 Å². The van der Waals surface area contributed by atoms with Gasteiger partial charge in [-0.3, -0.25) is 0 Å². The standard InChI is InChI=1S/C13H13BrFIN4/c1-2-5-17-12-11(14)13(19-7-18-12)20-10-4-3-8(15)6-9(10)16/h3-4,6-7H,2,5H2,1H3,(H2,17,18,19,20). The van der Waals surface area contributed by atoms with Crippen molar-refractivity contribution in [2.24, 2.45) is 0 Å². The van der Waals surface area contributed by atoms with Gasteiger partial charge in [-0.05, 0) is 63.1 Å². The molecule has 0 amide bonds. The molecule has 2 rings (SSSR count). The van der Waals surface area contributed by atoms with E-state index in [9.17, 15) is 4.39 Å². The lowest BCUT2D eigenvalue weighted by Gasteiger charge is -2.12. The first-order chi connectivity index (χ1) is 9.61. The van der Waals surface area contributed by atoms with Crippen LogP contribution in [0, 0.1) is 9.39 Å². The first-order valence-electron chi connectivity index (χ1n) is 6.08. The molecular formula is C13H13BrFIN4. The Morgan fingerprint density at radius 3 is 2.75 bits per heavy atom. The van der Waals surface area contributed by atoms with Crippen LogP contribution in [0.4, 0.5) is 21.7 Å². The molecule has 0 fully saturated rings. The van der Waals surface area contributed by atoms with Crippen LogP contribution >= 0.6 is 38.5 Å². The summed E-state index contributed by atoms with van der Waals surface area (Å²) in [6.45, 7) is 2.92. The van der Waals surface area contributed by atoms with Crippen LogP contribution < -0.4 is 10.6 Å². The minimum Gasteiger partial charge on any atom is -0.369 e. The zero-order valence-electron chi connectivity index (χ0n) is 10.8. The molecule has 1 heterocycles. The highest BCUT2D eigenvalue weighted by atomic mass is 127. The van der Waals surface area contributed by atoms with Gasteiger partial charge in [-0.1, -0.05) is 6.92 Å². The zero-order valence-corrected chi connectivity index (χ0v) is 14.5. The highest BCUT2D eigenvalue weighted by molar-refractivity contribution is 14.1. The molecule has 0 aliphatic rings. The fraction of sp³-hybridized carbons (Fsp3) is 0.231. The van der Waals surface area contributed by atoms with E-state index >= 15 is 0 Å². The van der Waals surface area contributed by atoms with Crippen molar-refractivity contribution in [1.82, 2.24) is 9.97 Å². The number of aromatic nitrogens is 2. The van der Waals surface area contributed by atoms with E-state index in [0.29, 0.717) is 5.82 Å². The summed E-state index contributed by atoms with van der Waals surface area (Å²) in [5.74, 6) is 1.12. The lowest BCUT2D eigenvalue weighted by molar-refractivity contribution is 0.627. The summed E-state index contributed by atoms with van der Waals surface area (Å²) in [5, 5.41) is 6.39. The highest BCUT2D eigenvalue weighted by Crippen LogP contribution is 2.30. The SMILES string of the molecule is CCCNc1ncnc(Nc2ccc(F)cc2I)c1Br. The molecule has 0 saturated carbocycles. The molecule has 106 valence electrons. The van der Waals surface area contributed by atoms with Gasteiger partial charge >= 0.3 is 0 Å². The zero-order chi connectivity index (χ0) is 14.5. The van der Waals surface area contributed by atoms with Gasteiger partial charge in [0.2, 0.25) is 0 Å².